The second kappa shape index (κ2) is 4.72. The molecule has 2 unspecified atom stereocenters. The molecule has 0 radical (unpaired) electrons. The van der Waals surface area contributed by atoms with E-state index in [0.717, 1.165) is 23.3 Å². The first-order valence-corrected chi connectivity index (χ1v) is 6.38. The van der Waals surface area contributed by atoms with E-state index >= 15 is 0 Å². The van der Waals surface area contributed by atoms with Crippen LogP contribution in [0.3, 0.4) is 0 Å². The minimum absolute atomic E-state index is 0.134. The second-order valence-corrected chi connectivity index (χ2v) is 5.30. The molecule has 0 spiro atoms. The van der Waals surface area contributed by atoms with E-state index in [1.807, 2.05) is 7.05 Å². The summed E-state index contributed by atoms with van der Waals surface area (Å²) < 4.78 is 26.3. The number of hydrogen-bond donors (Lipinski definition) is 1. The summed E-state index contributed by atoms with van der Waals surface area (Å²) >= 11 is 1.65. The van der Waals surface area contributed by atoms with Gasteiger partial charge in [-0.3, -0.25) is 0 Å². The van der Waals surface area contributed by atoms with Crippen molar-refractivity contribution in [3.8, 4) is 0 Å². The Balaban J connectivity index is 2.35. The molecule has 0 amide bonds. The summed E-state index contributed by atoms with van der Waals surface area (Å²) in [5.41, 5.74) is 0.893. The number of benzene rings is 1. The van der Waals surface area contributed by atoms with E-state index < -0.39 is 11.6 Å². The first-order chi connectivity index (χ1) is 7.67. The van der Waals surface area contributed by atoms with Gasteiger partial charge in [-0.2, -0.15) is 0 Å². The summed E-state index contributed by atoms with van der Waals surface area (Å²) in [6.07, 6.45) is 2.13. The average molecular weight is 243 g/mol. The summed E-state index contributed by atoms with van der Waals surface area (Å²) in [5, 5.41) is 3.57. The second-order valence-electron chi connectivity index (χ2n) is 4.02. The minimum atomic E-state index is -0.753. The third-order valence-electron chi connectivity index (χ3n) is 2.92. The zero-order chi connectivity index (χ0) is 11.7. The smallest absolute Gasteiger partial charge is 0.159 e. The largest absolute Gasteiger partial charge is 0.312 e. The highest BCUT2D eigenvalue weighted by molar-refractivity contribution is 8.00. The lowest BCUT2D eigenvalue weighted by Gasteiger charge is -2.17. The highest BCUT2D eigenvalue weighted by atomic mass is 32.2. The zero-order valence-corrected chi connectivity index (χ0v) is 10.2. The number of fused-ring (bicyclic) bond motifs is 1. The van der Waals surface area contributed by atoms with E-state index in [0.29, 0.717) is 5.25 Å². The molecule has 1 heterocycles. The Morgan fingerprint density at radius 1 is 1.31 bits per heavy atom. The predicted molar refractivity (Wildman–Crippen MR) is 62.7 cm³/mol. The Morgan fingerprint density at radius 3 is 2.62 bits per heavy atom. The first kappa shape index (κ1) is 11.9. The van der Waals surface area contributed by atoms with Gasteiger partial charge >= 0.3 is 0 Å². The van der Waals surface area contributed by atoms with Crippen molar-refractivity contribution in [1.82, 2.24) is 5.32 Å². The van der Waals surface area contributed by atoms with Gasteiger partial charge in [0.1, 0.15) is 0 Å². The number of halogens is 2. The molecule has 2 atom stereocenters. The Kier molecular flexibility index (Phi) is 3.50. The normalized spacial score (nSPS) is 23.5. The van der Waals surface area contributed by atoms with Crippen LogP contribution in [0, 0.1) is 11.6 Å². The fourth-order valence-corrected chi connectivity index (χ4v) is 3.76. The number of thioether (sulfide) groups is 1. The monoisotopic (exact) mass is 243 g/mol. The van der Waals surface area contributed by atoms with Crippen LogP contribution in [-0.4, -0.2) is 12.3 Å². The Bertz CT molecular complexity index is 395. The molecule has 1 N–H and O–H groups in total. The topological polar surface area (TPSA) is 12.0 Å². The molecule has 0 saturated carbocycles. The van der Waals surface area contributed by atoms with E-state index in [4.69, 9.17) is 0 Å². The molecule has 0 saturated heterocycles. The van der Waals surface area contributed by atoms with E-state index in [1.54, 1.807) is 11.8 Å². The standard InChI is InChI=1S/C12H15F2NS/c1-3-4-10-12(15-2)7-5-8(13)9(14)6-11(7)16-10/h5-6,10,12,15H,3-4H2,1-2H3. The minimum Gasteiger partial charge on any atom is -0.312 e. The lowest BCUT2D eigenvalue weighted by atomic mass is 10.0. The summed E-state index contributed by atoms with van der Waals surface area (Å²) in [6, 6.07) is 2.78. The molecule has 0 fully saturated rings. The quantitative estimate of drug-likeness (QED) is 0.872. The van der Waals surface area contributed by atoms with Crippen LogP contribution in [0.4, 0.5) is 8.78 Å². The van der Waals surface area contributed by atoms with Crippen molar-refractivity contribution >= 4 is 11.8 Å². The molecule has 0 bridgehead atoms. The van der Waals surface area contributed by atoms with Crippen molar-refractivity contribution < 1.29 is 8.78 Å². The van der Waals surface area contributed by atoms with Crippen LogP contribution in [0.25, 0.3) is 0 Å². The fraction of sp³-hybridized carbons (Fsp3) is 0.500. The van der Waals surface area contributed by atoms with E-state index in [1.165, 1.54) is 12.1 Å². The van der Waals surface area contributed by atoms with Gasteiger partial charge in [0.05, 0.1) is 0 Å². The SMILES string of the molecule is CCCC1Sc2cc(F)c(F)cc2C1NC. The molecule has 0 aromatic heterocycles. The number of hydrogen-bond acceptors (Lipinski definition) is 2. The maximum Gasteiger partial charge on any atom is 0.159 e. The molecular formula is C12H15F2NS. The van der Waals surface area contributed by atoms with E-state index in [9.17, 15) is 8.78 Å². The van der Waals surface area contributed by atoms with Gasteiger partial charge in [-0.05, 0) is 31.2 Å². The third kappa shape index (κ3) is 1.96. The summed E-state index contributed by atoms with van der Waals surface area (Å²) in [7, 11) is 1.87. The molecule has 1 aliphatic rings. The van der Waals surface area contributed by atoms with Crippen molar-refractivity contribution in [2.45, 2.75) is 36.0 Å². The maximum atomic E-state index is 13.2. The highest BCUT2D eigenvalue weighted by Gasteiger charge is 2.32. The zero-order valence-electron chi connectivity index (χ0n) is 9.39. The Labute approximate surface area is 98.6 Å². The predicted octanol–water partition coefficient (Wildman–Crippen LogP) is 3.50. The molecule has 0 aliphatic carbocycles. The van der Waals surface area contributed by atoms with Gasteiger partial charge in [-0.1, -0.05) is 13.3 Å². The van der Waals surface area contributed by atoms with Crippen molar-refractivity contribution in [3.05, 3.63) is 29.3 Å². The van der Waals surface area contributed by atoms with E-state index in [2.05, 4.69) is 12.2 Å². The fourth-order valence-electron chi connectivity index (χ4n) is 2.17. The molecule has 1 aromatic rings. The third-order valence-corrected chi connectivity index (χ3v) is 4.34. The van der Waals surface area contributed by atoms with Gasteiger partial charge in [-0.15, -0.1) is 11.8 Å². The van der Waals surface area contributed by atoms with Crippen LogP contribution >= 0.6 is 11.8 Å². The molecule has 88 valence electrons. The van der Waals surface area contributed by atoms with Crippen molar-refractivity contribution in [2.75, 3.05) is 7.05 Å². The van der Waals surface area contributed by atoms with Gasteiger partial charge in [0, 0.05) is 16.2 Å². The van der Waals surface area contributed by atoms with E-state index in [-0.39, 0.29) is 6.04 Å². The first-order valence-electron chi connectivity index (χ1n) is 5.50. The molecule has 2 rings (SSSR count). The van der Waals surface area contributed by atoms with Crippen LogP contribution < -0.4 is 5.32 Å². The Morgan fingerprint density at radius 2 is 2.00 bits per heavy atom. The molecule has 4 heteroatoms. The lowest BCUT2D eigenvalue weighted by molar-refractivity contribution is 0.494. The van der Waals surface area contributed by atoms with Crippen molar-refractivity contribution in [3.63, 3.8) is 0 Å². The van der Waals surface area contributed by atoms with Crippen LogP contribution in [0.1, 0.15) is 31.4 Å². The Hall–Kier alpha value is -0.610. The van der Waals surface area contributed by atoms with Crippen LogP contribution in [0.15, 0.2) is 17.0 Å². The van der Waals surface area contributed by atoms with Crippen LogP contribution in [-0.2, 0) is 0 Å². The molecule has 1 aliphatic heterocycles. The van der Waals surface area contributed by atoms with Gasteiger partial charge in [0.25, 0.3) is 0 Å². The molecule has 16 heavy (non-hydrogen) atoms. The average Bonchev–Trinajstić information content (AvgIpc) is 2.56. The number of rotatable bonds is 3. The van der Waals surface area contributed by atoms with Crippen LogP contribution in [0.2, 0.25) is 0 Å². The van der Waals surface area contributed by atoms with Gasteiger partial charge in [0.15, 0.2) is 11.6 Å². The lowest BCUT2D eigenvalue weighted by Crippen LogP contribution is -2.23. The van der Waals surface area contributed by atoms with Gasteiger partial charge < -0.3 is 5.32 Å². The number of nitrogens with one attached hydrogen (secondary N) is 1. The van der Waals surface area contributed by atoms with Gasteiger partial charge in [0.2, 0.25) is 0 Å². The molecule has 1 aromatic carbocycles. The summed E-state index contributed by atoms with van der Waals surface area (Å²) in [4.78, 5) is 0.872. The highest BCUT2D eigenvalue weighted by Crippen LogP contribution is 2.46. The summed E-state index contributed by atoms with van der Waals surface area (Å²) in [6.45, 7) is 2.12. The molecular weight excluding hydrogens is 228 g/mol. The van der Waals surface area contributed by atoms with Crippen molar-refractivity contribution in [2.24, 2.45) is 0 Å². The maximum absolute atomic E-state index is 13.2. The van der Waals surface area contributed by atoms with Crippen molar-refractivity contribution in [1.29, 1.82) is 0 Å². The summed E-state index contributed by atoms with van der Waals surface area (Å²) in [5.74, 6) is -1.50. The molecule has 1 nitrogen and oxygen atoms in total. The van der Waals surface area contributed by atoms with Gasteiger partial charge in [-0.25, -0.2) is 8.78 Å². The van der Waals surface area contributed by atoms with Crippen LogP contribution in [0.5, 0.6) is 0 Å².